The molecular formula is C13H18N4O4. The number of pyridine rings is 1. The van der Waals surface area contributed by atoms with E-state index in [1.165, 1.54) is 6.07 Å². The average molecular weight is 294 g/mol. The van der Waals surface area contributed by atoms with Crippen LogP contribution in [0.3, 0.4) is 0 Å². The Morgan fingerprint density at radius 1 is 1.62 bits per heavy atom. The lowest BCUT2D eigenvalue weighted by molar-refractivity contribution is -0.385. The maximum atomic E-state index is 12.1. The molecule has 1 unspecified atom stereocenters. The first kappa shape index (κ1) is 15.2. The lowest BCUT2D eigenvalue weighted by atomic mass is 10.1. The minimum atomic E-state index is -0.574. The largest absolute Gasteiger partial charge is 0.378 e. The molecule has 1 aromatic rings. The fraction of sp³-hybridized carbons (Fsp3) is 0.538. The zero-order valence-corrected chi connectivity index (χ0v) is 11.8. The van der Waals surface area contributed by atoms with Crippen molar-refractivity contribution in [2.75, 3.05) is 25.5 Å². The average Bonchev–Trinajstić information content (AvgIpc) is 2.99. The van der Waals surface area contributed by atoms with Gasteiger partial charge in [-0.15, -0.1) is 0 Å². The first-order valence-electron chi connectivity index (χ1n) is 6.84. The number of amides is 1. The highest BCUT2D eigenvalue weighted by atomic mass is 16.6. The predicted molar refractivity (Wildman–Crippen MR) is 76.4 cm³/mol. The lowest BCUT2D eigenvalue weighted by Gasteiger charge is -2.11. The molecule has 1 aromatic heterocycles. The quantitative estimate of drug-likeness (QED) is 0.605. The lowest BCUT2D eigenvalue weighted by Crippen LogP contribution is -2.28. The molecule has 1 aliphatic heterocycles. The molecule has 0 radical (unpaired) electrons. The summed E-state index contributed by atoms with van der Waals surface area (Å²) < 4.78 is 5.47. The maximum Gasteiger partial charge on any atom is 0.288 e. The van der Waals surface area contributed by atoms with Gasteiger partial charge in [-0.3, -0.25) is 14.9 Å². The molecular weight excluding hydrogens is 276 g/mol. The Balaban J connectivity index is 1.99. The summed E-state index contributed by atoms with van der Waals surface area (Å²) in [7, 11) is 1.61. The second-order valence-electron chi connectivity index (χ2n) is 4.78. The first-order valence-corrected chi connectivity index (χ1v) is 6.84. The van der Waals surface area contributed by atoms with Crippen LogP contribution in [-0.4, -0.2) is 42.1 Å². The second kappa shape index (κ2) is 6.98. The smallest absolute Gasteiger partial charge is 0.288 e. The van der Waals surface area contributed by atoms with Crippen molar-refractivity contribution in [3.63, 3.8) is 0 Å². The molecule has 8 nitrogen and oxygen atoms in total. The minimum absolute atomic E-state index is 0.166. The number of nitrogens with zero attached hydrogens (tertiary/aromatic N) is 2. The van der Waals surface area contributed by atoms with Crippen LogP contribution in [0, 0.1) is 10.1 Å². The molecule has 2 heterocycles. The van der Waals surface area contributed by atoms with E-state index in [-0.39, 0.29) is 23.3 Å². The predicted octanol–water partition coefficient (Wildman–Crippen LogP) is 1.33. The number of hydrogen-bond acceptors (Lipinski definition) is 6. The van der Waals surface area contributed by atoms with Crippen LogP contribution < -0.4 is 10.6 Å². The Kier molecular flexibility index (Phi) is 5.04. The number of anilines is 1. The van der Waals surface area contributed by atoms with Crippen molar-refractivity contribution in [2.24, 2.45) is 0 Å². The third-order valence-corrected chi connectivity index (χ3v) is 3.34. The van der Waals surface area contributed by atoms with E-state index in [9.17, 15) is 14.9 Å². The molecule has 114 valence electrons. The van der Waals surface area contributed by atoms with Crippen LogP contribution in [0.5, 0.6) is 0 Å². The molecule has 0 saturated carbocycles. The number of carbonyl (C=O) groups excluding carboxylic acids is 1. The van der Waals surface area contributed by atoms with E-state index in [2.05, 4.69) is 15.6 Å². The van der Waals surface area contributed by atoms with E-state index in [1.807, 2.05) is 0 Å². The zero-order valence-electron chi connectivity index (χ0n) is 11.8. The Labute approximate surface area is 122 Å². The van der Waals surface area contributed by atoms with Gasteiger partial charge in [0.1, 0.15) is 12.0 Å². The SMILES string of the molecule is CNc1ncc([N+](=O)[O-])cc1C(=O)NCCC1CCCO1. The summed E-state index contributed by atoms with van der Waals surface area (Å²) in [5, 5.41) is 16.3. The standard InChI is InChI=1S/C13H18N4O4/c1-14-12-11(7-9(8-16-12)17(19)20)13(18)15-5-4-10-3-2-6-21-10/h7-8,10H,2-6H2,1H3,(H,14,16)(H,15,18). The molecule has 1 amide bonds. The van der Waals surface area contributed by atoms with Crippen molar-refractivity contribution < 1.29 is 14.5 Å². The number of carbonyl (C=O) groups is 1. The molecule has 21 heavy (non-hydrogen) atoms. The second-order valence-corrected chi connectivity index (χ2v) is 4.78. The number of hydrogen-bond donors (Lipinski definition) is 2. The Hall–Kier alpha value is -2.22. The van der Waals surface area contributed by atoms with Gasteiger partial charge in [-0.05, 0) is 19.3 Å². The molecule has 2 N–H and O–H groups in total. The third kappa shape index (κ3) is 3.88. The van der Waals surface area contributed by atoms with Crippen molar-refractivity contribution >= 4 is 17.4 Å². The fourth-order valence-corrected chi connectivity index (χ4v) is 2.24. The van der Waals surface area contributed by atoms with Crippen LogP contribution in [0.1, 0.15) is 29.6 Å². The van der Waals surface area contributed by atoms with E-state index < -0.39 is 4.92 Å². The molecule has 0 bridgehead atoms. The third-order valence-electron chi connectivity index (χ3n) is 3.34. The van der Waals surface area contributed by atoms with Crippen LogP contribution in [0.4, 0.5) is 11.5 Å². The normalized spacial score (nSPS) is 17.5. The van der Waals surface area contributed by atoms with E-state index in [1.54, 1.807) is 7.05 Å². The summed E-state index contributed by atoms with van der Waals surface area (Å²) in [6.07, 6.45) is 4.11. The summed E-state index contributed by atoms with van der Waals surface area (Å²) in [6.45, 7) is 1.24. The highest BCUT2D eigenvalue weighted by molar-refractivity contribution is 5.99. The Bertz CT molecular complexity index is 529. The summed E-state index contributed by atoms with van der Waals surface area (Å²) >= 11 is 0. The number of rotatable bonds is 6. The van der Waals surface area contributed by atoms with Gasteiger partial charge in [0.05, 0.1) is 16.6 Å². The van der Waals surface area contributed by atoms with Gasteiger partial charge in [-0.1, -0.05) is 0 Å². The summed E-state index contributed by atoms with van der Waals surface area (Å²) in [5.41, 5.74) is -0.0442. The van der Waals surface area contributed by atoms with Gasteiger partial charge in [0.2, 0.25) is 0 Å². The molecule has 1 atom stereocenters. The molecule has 0 aromatic carbocycles. The van der Waals surface area contributed by atoms with Gasteiger partial charge in [-0.2, -0.15) is 0 Å². The molecule has 0 aliphatic carbocycles. The van der Waals surface area contributed by atoms with Crippen LogP contribution in [0.25, 0.3) is 0 Å². The molecule has 1 fully saturated rings. The van der Waals surface area contributed by atoms with E-state index >= 15 is 0 Å². The fourth-order valence-electron chi connectivity index (χ4n) is 2.24. The summed E-state index contributed by atoms with van der Waals surface area (Å²) in [4.78, 5) is 26.2. The maximum absolute atomic E-state index is 12.1. The topological polar surface area (TPSA) is 106 Å². The number of nitro groups is 1. The van der Waals surface area contributed by atoms with Gasteiger partial charge in [0.25, 0.3) is 11.6 Å². The monoisotopic (exact) mass is 294 g/mol. The minimum Gasteiger partial charge on any atom is -0.378 e. The summed E-state index contributed by atoms with van der Waals surface area (Å²) in [5.74, 6) is -0.0660. The van der Waals surface area contributed by atoms with Gasteiger partial charge in [-0.25, -0.2) is 4.98 Å². The number of ether oxygens (including phenoxy) is 1. The highest BCUT2D eigenvalue weighted by Crippen LogP contribution is 2.19. The first-order chi connectivity index (χ1) is 10.1. The van der Waals surface area contributed by atoms with Crippen LogP contribution in [0.15, 0.2) is 12.3 Å². The van der Waals surface area contributed by atoms with Crippen molar-refractivity contribution in [2.45, 2.75) is 25.4 Å². The van der Waals surface area contributed by atoms with Gasteiger partial charge in [0, 0.05) is 26.3 Å². The molecule has 1 saturated heterocycles. The van der Waals surface area contributed by atoms with Gasteiger partial charge < -0.3 is 15.4 Å². The number of aromatic nitrogens is 1. The zero-order chi connectivity index (χ0) is 15.2. The van der Waals surface area contributed by atoms with Crippen LogP contribution in [0.2, 0.25) is 0 Å². The van der Waals surface area contributed by atoms with Gasteiger partial charge >= 0.3 is 0 Å². The molecule has 8 heteroatoms. The van der Waals surface area contributed by atoms with Gasteiger partial charge in [0.15, 0.2) is 0 Å². The van der Waals surface area contributed by atoms with Crippen molar-refractivity contribution in [3.8, 4) is 0 Å². The van der Waals surface area contributed by atoms with Crippen molar-refractivity contribution in [1.82, 2.24) is 10.3 Å². The highest BCUT2D eigenvalue weighted by Gasteiger charge is 2.19. The van der Waals surface area contributed by atoms with Crippen molar-refractivity contribution in [1.29, 1.82) is 0 Å². The molecule has 0 spiro atoms. The molecule has 2 rings (SSSR count). The van der Waals surface area contributed by atoms with E-state index in [4.69, 9.17) is 4.74 Å². The summed E-state index contributed by atoms with van der Waals surface area (Å²) in [6, 6.07) is 1.22. The van der Waals surface area contributed by atoms with Crippen LogP contribution >= 0.6 is 0 Å². The van der Waals surface area contributed by atoms with E-state index in [0.29, 0.717) is 12.4 Å². The van der Waals surface area contributed by atoms with Crippen LogP contribution in [-0.2, 0) is 4.74 Å². The Morgan fingerprint density at radius 2 is 2.43 bits per heavy atom. The molecule has 1 aliphatic rings. The Morgan fingerprint density at radius 3 is 3.05 bits per heavy atom. The van der Waals surface area contributed by atoms with Crippen molar-refractivity contribution in [3.05, 3.63) is 27.9 Å². The number of nitrogens with one attached hydrogen (secondary N) is 2. The van der Waals surface area contributed by atoms with E-state index in [0.717, 1.165) is 32.1 Å².